The zero-order chi connectivity index (χ0) is 29.8. The Hall–Kier alpha value is -3.27. The lowest BCUT2D eigenvalue weighted by molar-refractivity contribution is -0.119. The summed E-state index contributed by atoms with van der Waals surface area (Å²) < 4.78 is 39.4. The summed E-state index contributed by atoms with van der Waals surface area (Å²) in [5, 5.41) is 32.3. The lowest BCUT2D eigenvalue weighted by Gasteiger charge is -2.25. The van der Waals surface area contributed by atoms with Gasteiger partial charge in [-0.3, -0.25) is 9.78 Å². The molecular weight excluding hydrogens is 604 g/mol. The number of hydrogen-bond acceptors (Lipinski definition) is 16. The first-order valence-electron chi connectivity index (χ1n) is 12.4. The molecule has 6 heterocycles. The molecule has 1 unspecified atom stereocenters. The van der Waals surface area contributed by atoms with Crippen LogP contribution in [0.25, 0.3) is 16.8 Å². The van der Waals surface area contributed by atoms with E-state index >= 15 is 0 Å². The maximum absolute atomic E-state index is 14.0. The monoisotopic (exact) mass is 629 g/mol. The average molecular weight is 630 g/mol. The summed E-state index contributed by atoms with van der Waals surface area (Å²) in [5.41, 5.74) is 9.61. The van der Waals surface area contributed by atoms with Crippen LogP contribution in [0.4, 0.5) is 16.2 Å². The zero-order valence-electron chi connectivity index (χ0n) is 21.4. The highest BCUT2D eigenvalue weighted by Crippen LogP contribution is 2.52. The number of ether oxygens (including phenoxy) is 2. The molecule has 4 aromatic heterocycles. The van der Waals surface area contributed by atoms with Gasteiger partial charge in [-0.1, -0.05) is 5.21 Å². The molecule has 0 saturated carbocycles. The van der Waals surface area contributed by atoms with Crippen LogP contribution in [-0.4, -0.2) is 103 Å². The molecule has 22 heteroatoms. The van der Waals surface area contributed by atoms with E-state index in [-0.39, 0.29) is 42.4 Å². The lowest BCUT2D eigenvalue weighted by atomic mass is 10.0. The number of nitrogens with one attached hydrogen (secondary N) is 1. The number of fused-ring (bicyclic) bond motifs is 2. The van der Waals surface area contributed by atoms with Crippen molar-refractivity contribution in [1.29, 1.82) is 0 Å². The topological polar surface area (TPSA) is 269 Å². The average Bonchev–Trinajstić information content (AvgIpc) is 3.72. The van der Waals surface area contributed by atoms with Gasteiger partial charge in [-0.05, 0) is 11.8 Å². The number of halogens is 1. The standard InChI is InChI=1S/C20H25FN11O8PS/c21-5-20(6-33)2-11(18(39-20)32-15-13(29-30-32)17(35)28-19(23)27-15)40-41(36,42)37-4-12-9(34)1-10(38-12)8-3-24-16-14(22)25-7-26-31(8)16/h3,7,9-12,18,33-34H,1-2,4-6H2,(H,36,42)(H2,22,25,26)(H3,23,27,28,35)/t9-,10+,11+,12+,18+,20+,41?/m0/s1. The molecule has 2 fully saturated rings. The molecule has 0 bridgehead atoms. The Morgan fingerprint density at radius 1 is 1.33 bits per heavy atom. The second-order valence-corrected chi connectivity index (χ2v) is 12.6. The molecule has 0 aromatic carbocycles. The summed E-state index contributed by atoms with van der Waals surface area (Å²) in [6, 6.07) is 0. The maximum atomic E-state index is 14.0. The van der Waals surface area contributed by atoms with Gasteiger partial charge in [0.2, 0.25) is 5.95 Å². The highest BCUT2D eigenvalue weighted by molar-refractivity contribution is 8.07. The number of nitrogen functional groups attached to an aromatic ring is 2. The molecule has 226 valence electrons. The molecule has 0 radical (unpaired) electrons. The summed E-state index contributed by atoms with van der Waals surface area (Å²) in [4.78, 5) is 37.5. The minimum Gasteiger partial charge on any atom is -0.393 e. The normalized spacial score (nSPS) is 29.5. The molecule has 19 nitrogen and oxygen atoms in total. The fraction of sp³-hybridized carbons (Fsp3) is 0.550. The number of anilines is 2. The number of hydrogen-bond donors (Lipinski definition) is 6. The van der Waals surface area contributed by atoms with Gasteiger partial charge in [0.1, 0.15) is 36.9 Å². The van der Waals surface area contributed by atoms with Gasteiger partial charge in [-0.15, -0.1) is 5.10 Å². The van der Waals surface area contributed by atoms with Crippen LogP contribution in [0.3, 0.4) is 0 Å². The zero-order valence-corrected chi connectivity index (χ0v) is 23.1. The Morgan fingerprint density at radius 3 is 2.90 bits per heavy atom. The number of nitrogens with zero attached hydrogens (tertiary/aromatic N) is 8. The third-order valence-corrected chi connectivity index (χ3v) is 8.56. The van der Waals surface area contributed by atoms with Gasteiger partial charge in [0.25, 0.3) is 5.56 Å². The number of aromatic amines is 1. The van der Waals surface area contributed by atoms with Crippen molar-refractivity contribution in [2.75, 3.05) is 31.4 Å². The van der Waals surface area contributed by atoms with Crippen molar-refractivity contribution in [3.8, 4) is 0 Å². The number of aromatic nitrogens is 9. The van der Waals surface area contributed by atoms with E-state index < -0.39 is 61.8 Å². The largest absolute Gasteiger partial charge is 0.393 e. The van der Waals surface area contributed by atoms with E-state index in [1.54, 1.807) is 0 Å². The van der Waals surface area contributed by atoms with Crippen LogP contribution in [0, 0.1) is 0 Å². The predicted octanol–water partition coefficient (Wildman–Crippen LogP) is -1.75. The van der Waals surface area contributed by atoms with Crippen molar-refractivity contribution >= 4 is 47.1 Å². The van der Waals surface area contributed by atoms with E-state index in [2.05, 4.69) is 35.3 Å². The predicted molar refractivity (Wildman–Crippen MR) is 142 cm³/mol. The second kappa shape index (κ2) is 10.8. The first-order valence-corrected chi connectivity index (χ1v) is 15.0. The molecule has 0 amide bonds. The summed E-state index contributed by atoms with van der Waals surface area (Å²) in [7, 11) is 0. The SMILES string of the molecule is Nc1nc2c(nnn2[C@@H]2O[C@@](CO)(CF)C[C@H]2OP(O)(=S)OC[C@H]2O[C@@H](c3cnc4c(N)ncnn34)C[C@@H]2O)c(=O)[nH]1. The number of nitrogens with two attached hydrogens (primary N) is 2. The Morgan fingerprint density at radius 2 is 2.14 bits per heavy atom. The van der Waals surface area contributed by atoms with E-state index in [0.717, 1.165) is 4.68 Å². The molecule has 6 rings (SSSR count). The molecule has 0 spiro atoms. The van der Waals surface area contributed by atoms with Gasteiger partial charge in [0, 0.05) is 12.8 Å². The lowest BCUT2D eigenvalue weighted by Crippen LogP contribution is -2.36. The molecule has 7 atom stereocenters. The first-order chi connectivity index (χ1) is 20.0. The van der Waals surface area contributed by atoms with Crippen LogP contribution in [0.2, 0.25) is 0 Å². The molecule has 2 aliphatic rings. The summed E-state index contributed by atoms with van der Waals surface area (Å²) in [5.74, 6) is -0.0702. The van der Waals surface area contributed by atoms with Crippen LogP contribution < -0.4 is 17.0 Å². The van der Waals surface area contributed by atoms with Crippen LogP contribution in [-0.2, 0) is 30.3 Å². The quantitative estimate of drug-likeness (QED) is 0.112. The smallest absolute Gasteiger partial charge is 0.325 e. The number of aliphatic hydroxyl groups excluding tert-OH is 2. The minimum absolute atomic E-state index is 0.109. The summed E-state index contributed by atoms with van der Waals surface area (Å²) >= 11 is 5.20. The number of alkyl halides is 1. The molecule has 2 aliphatic heterocycles. The third kappa shape index (κ3) is 5.12. The number of aliphatic hydroxyl groups is 2. The maximum Gasteiger partial charge on any atom is 0.325 e. The van der Waals surface area contributed by atoms with Crippen molar-refractivity contribution in [3.63, 3.8) is 0 Å². The van der Waals surface area contributed by atoms with Crippen LogP contribution >= 0.6 is 6.72 Å². The highest BCUT2D eigenvalue weighted by atomic mass is 32.5. The second-order valence-electron chi connectivity index (χ2n) is 9.78. The Kier molecular flexibility index (Phi) is 7.40. The van der Waals surface area contributed by atoms with Gasteiger partial charge in [-0.2, -0.15) is 14.8 Å². The van der Waals surface area contributed by atoms with Crippen molar-refractivity contribution in [2.24, 2.45) is 0 Å². The molecule has 0 aliphatic carbocycles. The Bertz CT molecular complexity index is 1730. The highest BCUT2D eigenvalue weighted by Gasteiger charge is 2.51. The van der Waals surface area contributed by atoms with Crippen LogP contribution in [0.1, 0.15) is 30.9 Å². The summed E-state index contributed by atoms with van der Waals surface area (Å²) in [6.45, 7) is -6.36. The fourth-order valence-corrected chi connectivity index (χ4v) is 6.34. The van der Waals surface area contributed by atoms with Crippen molar-refractivity contribution in [2.45, 2.75) is 49.1 Å². The van der Waals surface area contributed by atoms with Gasteiger partial charge in [-0.25, -0.2) is 18.9 Å². The van der Waals surface area contributed by atoms with Crippen LogP contribution in [0.15, 0.2) is 17.3 Å². The number of H-pyrrole nitrogens is 1. The fourth-order valence-electron chi connectivity index (χ4n) is 4.91. The first kappa shape index (κ1) is 28.8. The molecule has 42 heavy (non-hydrogen) atoms. The molecule has 2 saturated heterocycles. The van der Waals surface area contributed by atoms with E-state index in [1.807, 2.05) is 0 Å². The van der Waals surface area contributed by atoms with E-state index in [1.165, 1.54) is 17.0 Å². The van der Waals surface area contributed by atoms with Crippen molar-refractivity contribution < 1.29 is 38.0 Å². The van der Waals surface area contributed by atoms with Crippen molar-refractivity contribution in [3.05, 3.63) is 28.6 Å². The third-order valence-electron chi connectivity index (χ3n) is 6.97. The van der Waals surface area contributed by atoms with Gasteiger partial charge < -0.3 is 45.1 Å². The molecule has 4 aromatic rings. The summed E-state index contributed by atoms with van der Waals surface area (Å²) in [6.07, 6.45) is -2.51. The minimum atomic E-state index is -4.11. The Balaban J connectivity index is 1.18. The Labute approximate surface area is 238 Å². The molecule has 8 N–H and O–H groups in total. The van der Waals surface area contributed by atoms with Crippen molar-refractivity contribution in [1.82, 2.24) is 44.5 Å². The molecular formula is C20H25FN11O8PS. The van der Waals surface area contributed by atoms with E-state index in [0.29, 0.717) is 11.3 Å². The number of imidazole rings is 1. The van der Waals surface area contributed by atoms with E-state index in [9.17, 15) is 24.3 Å². The van der Waals surface area contributed by atoms with Gasteiger partial charge in [0.05, 0.1) is 31.2 Å². The van der Waals surface area contributed by atoms with Gasteiger partial charge in [0.15, 0.2) is 28.9 Å². The van der Waals surface area contributed by atoms with E-state index in [4.69, 9.17) is 41.8 Å². The van der Waals surface area contributed by atoms with Gasteiger partial charge >= 0.3 is 6.72 Å². The van der Waals surface area contributed by atoms with Crippen LogP contribution in [0.5, 0.6) is 0 Å². The number of rotatable bonds is 9.